The molecule has 1 aromatic heterocycles. The lowest BCUT2D eigenvalue weighted by atomic mass is 9.98. The van der Waals surface area contributed by atoms with Gasteiger partial charge in [0.05, 0.1) is 10.8 Å². The van der Waals surface area contributed by atoms with Crippen molar-refractivity contribution in [1.29, 1.82) is 0 Å². The Morgan fingerprint density at radius 1 is 0.936 bits per heavy atom. The number of nitrogens with one attached hydrogen (secondary N) is 1. The second-order valence-electron chi connectivity index (χ2n) is 12.1. The molecule has 1 N–H and O–H groups in total. The Kier molecular flexibility index (Phi) is 12.3. The summed E-state index contributed by atoms with van der Waals surface area (Å²) in [5.41, 5.74) is -3.22. The molecular weight excluding hydrogens is 686 g/mol. The molecule has 0 saturated carbocycles. The number of fused-ring (bicyclic) bond motifs is 1. The molecule has 1 amide bonds. The van der Waals surface area contributed by atoms with Crippen LogP contribution in [-0.4, -0.2) is 37.8 Å². The summed E-state index contributed by atoms with van der Waals surface area (Å²) >= 11 is 7.45. The molecule has 3 aromatic rings. The van der Waals surface area contributed by atoms with E-state index in [1.54, 1.807) is 65.1 Å². The van der Waals surface area contributed by atoms with E-state index >= 15 is 0 Å². The number of halogens is 4. The lowest BCUT2D eigenvalue weighted by molar-refractivity contribution is -0.274. The number of carbonyl (C=O) groups is 3. The van der Waals surface area contributed by atoms with Crippen molar-refractivity contribution in [3.8, 4) is 5.75 Å². The molecule has 16 heteroatoms. The lowest BCUT2D eigenvalue weighted by Gasteiger charge is -2.27. The Balaban J connectivity index is 2.01. The summed E-state index contributed by atoms with van der Waals surface area (Å²) < 4.78 is 78.6. The van der Waals surface area contributed by atoms with Gasteiger partial charge in [-0.2, -0.15) is 0 Å². The third-order valence-corrected chi connectivity index (χ3v) is 9.38. The number of alkyl halides is 3. The normalized spacial score (nSPS) is 13.4. The second kappa shape index (κ2) is 15.2. The quantitative estimate of drug-likeness (QED) is 0.111. The molecular formula is C31H34ClF3NO9PS. The topological polar surface area (TPSA) is 126 Å². The highest BCUT2D eigenvalue weighted by Crippen LogP contribution is 2.62. The Bertz CT molecular complexity index is 1640. The van der Waals surface area contributed by atoms with E-state index < -0.39 is 67.6 Å². The van der Waals surface area contributed by atoms with Gasteiger partial charge in [-0.15, -0.1) is 24.5 Å². The van der Waals surface area contributed by atoms with Crippen molar-refractivity contribution in [2.45, 2.75) is 53.6 Å². The first-order chi connectivity index (χ1) is 21.7. The number of benzene rings is 2. The van der Waals surface area contributed by atoms with E-state index in [4.69, 9.17) is 30.1 Å². The highest BCUT2D eigenvalue weighted by Gasteiger charge is 2.45. The van der Waals surface area contributed by atoms with Crippen LogP contribution < -0.4 is 10.1 Å². The summed E-state index contributed by atoms with van der Waals surface area (Å²) in [6.45, 7) is 7.78. The van der Waals surface area contributed by atoms with Crippen LogP contribution in [0.2, 0.25) is 5.02 Å². The fourth-order valence-electron chi connectivity index (χ4n) is 3.73. The first kappa shape index (κ1) is 38.0. The molecule has 0 saturated heterocycles. The summed E-state index contributed by atoms with van der Waals surface area (Å²) in [6, 6.07) is 9.85. The maximum absolute atomic E-state index is 14.6. The van der Waals surface area contributed by atoms with Crippen molar-refractivity contribution in [3.05, 3.63) is 70.2 Å². The predicted octanol–water partition coefficient (Wildman–Crippen LogP) is 8.60. The minimum atomic E-state index is -4.90. The number of hydrogen-bond acceptors (Lipinski definition) is 10. The number of ether oxygens (including phenoxy) is 3. The van der Waals surface area contributed by atoms with Crippen LogP contribution in [0.3, 0.4) is 0 Å². The predicted molar refractivity (Wildman–Crippen MR) is 170 cm³/mol. The van der Waals surface area contributed by atoms with Crippen LogP contribution in [0, 0.1) is 10.8 Å². The Morgan fingerprint density at radius 2 is 1.53 bits per heavy atom. The van der Waals surface area contributed by atoms with Crippen LogP contribution in [0.5, 0.6) is 5.75 Å². The van der Waals surface area contributed by atoms with Crippen molar-refractivity contribution >= 4 is 64.5 Å². The summed E-state index contributed by atoms with van der Waals surface area (Å²) in [4.78, 5) is 38.7. The van der Waals surface area contributed by atoms with Crippen molar-refractivity contribution in [3.63, 3.8) is 0 Å². The highest BCUT2D eigenvalue weighted by molar-refractivity contribution is 7.55. The Morgan fingerprint density at radius 3 is 2.09 bits per heavy atom. The average Bonchev–Trinajstić information content (AvgIpc) is 3.33. The molecule has 1 unspecified atom stereocenters. The minimum absolute atomic E-state index is 0.173. The highest BCUT2D eigenvalue weighted by atomic mass is 35.5. The van der Waals surface area contributed by atoms with Gasteiger partial charge in [-0.3, -0.25) is 28.0 Å². The number of carbonyl (C=O) groups excluding carboxylic acids is 3. The van der Waals surface area contributed by atoms with Crippen LogP contribution >= 0.6 is 30.5 Å². The fourth-order valence-corrected chi connectivity index (χ4v) is 6.66. The molecule has 0 fully saturated rings. The molecule has 1 atom stereocenters. The largest absolute Gasteiger partial charge is 0.573 e. The smallest absolute Gasteiger partial charge is 0.438 e. The monoisotopic (exact) mass is 719 g/mol. The van der Waals surface area contributed by atoms with Gasteiger partial charge in [-0.1, -0.05) is 23.7 Å². The fraction of sp³-hybridized carbons (Fsp3) is 0.387. The van der Waals surface area contributed by atoms with Gasteiger partial charge >= 0.3 is 25.9 Å². The average molecular weight is 720 g/mol. The van der Waals surface area contributed by atoms with E-state index in [1.165, 1.54) is 29.5 Å². The van der Waals surface area contributed by atoms with Gasteiger partial charge in [-0.25, -0.2) is 0 Å². The first-order valence-corrected chi connectivity index (χ1v) is 16.8. The summed E-state index contributed by atoms with van der Waals surface area (Å²) in [6.07, 6.45) is -2.50. The maximum Gasteiger partial charge on any atom is 0.573 e. The van der Waals surface area contributed by atoms with Crippen LogP contribution in [-0.2, 0) is 37.5 Å². The van der Waals surface area contributed by atoms with E-state index in [2.05, 4.69) is 10.1 Å². The van der Waals surface area contributed by atoms with E-state index in [0.717, 1.165) is 18.3 Å². The minimum Gasteiger partial charge on any atom is -0.438 e. The summed E-state index contributed by atoms with van der Waals surface area (Å²) in [7, 11) is -4.74. The standard InChI is InChI=1S/C31H34ClF3NO9PS/c1-29(2,3)27(38)41-17-43-46(40,44-18-42-28(39)30(4,5)6)25(23-16-47-24-11-10-20(32)15-22(23)24)26(37)36-13-12-19-8-7-9-21(14-19)45-31(33,34)35/h7-16,25H,17-18H2,1-6H3,(H,36,37). The number of esters is 2. The summed E-state index contributed by atoms with van der Waals surface area (Å²) in [5.74, 6) is -2.81. The molecule has 0 aliphatic carbocycles. The molecule has 0 spiro atoms. The molecule has 256 valence electrons. The molecule has 1 heterocycles. The van der Waals surface area contributed by atoms with Gasteiger partial charge in [0.25, 0.3) is 0 Å². The molecule has 10 nitrogen and oxygen atoms in total. The van der Waals surface area contributed by atoms with Gasteiger partial charge in [0.15, 0.2) is 5.66 Å². The Hall–Kier alpha value is -3.42. The van der Waals surface area contributed by atoms with Crippen molar-refractivity contribution < 1.29 is 55.4 Å². The second-order valence-corrected chi connectivity index (χ2v) is 15.6. The molecule has 0 aliphatic rings. The zero-order valence-electron chi connectivity index (χ0n) is 26.3. The number of hydrogen-bond donors (Lipinski definition) is 1. The van der Waals surface area contributed by atoms with Crippen molar-refractivity contribution in [2.24, 2.45) is 10.8 Å². The molecule has 47 heavy (non-hydrogen) atoms. The molecule has 0 radical (unpaired) electrons. The van der Waals surface area contributed by atoms with E-state index in [0.29, 0.717) is 15.1 Å². The van der Waals surface area contributed by atoms with Crippen LogP contribution in [0.15, 0.2) is 54.0 Å². The van der Waals surface area contributed by atoms with Gasteiger partial charge in [0, 0.05) is 15.9 Å². The summed E-state index contributed by atoms with van der Waals surface area (Å²) in [5, 5.41) is 4.76. The molecule has 0 bridgehead atoms. The zero-order valence-corrected chi connectivity index (χ0v) is 28.8. The SMILES string of the molecule is CC(C)(C)C(=O)OCOP(=O)(OCOC(=O)C(C)(C)C)C(C(=O)NC=Cc1cccc(OC(F)(F)F)c1)c1csc2ccc(Cl)cc12. The maximum atomic E-state index is 14.6. The van der Waals surface area contributed by atoms with Gasteiger partial charge in [0.2, 0.25) is 19.5 Å². The number of rotatable bonds is 12. The molecule has 3 rings (SSSR count). The Labute approximate surface area is 278 Å². The van der Waals surface area contributed by atoms with E-state index in [-0.39, 0.29) is 11.1 Å². The van der Waals surface area contributed by atoms with Gasteiger partial charge in [0.1, 0.15) is 5.75 Å². The van der Waals surface area contributed by atoms with Crippen LogP contribution in [0.4, 0.5) is 13.2 Å². The number of amides is 1. The number of thiophene rings is 1. The third kappa shape index (κ3) is 11.1. The van der Waals surface area contributed by atoms with Crippen LogP contribution in [0.25, 0.3) is 16.2 Å². The van der Waals surface area contributed by atoms with E-state index in [1.807, 2.05) is 0 Å². The van der Waals surface area contributed by atoms with Crippen molar-refractivity contribution in [1.82, 2.24) is 5.32 Å². The van der Waals surface area contributed by atoms with Gasteiger partial charge in [-0.05, 0) is 99.8 Å². The molecule has 2 aromatic carbocycles. The lowest BCUT2D eigenvalue weighted by Crippen LogP contribution is -2.29. The van der Waals surface area contributed by atoms with E-state index in [9.17, 15) is 32.1 Å². The molecule has 0 aliphatic heterocycles. The van der Waals surface area contributed by atoms with Crippen molar-refractivity contribution in [2.75, 3.05) is 13.6 Å². The first-order valence-electron chi connectivity index (χ1n) is 13.9. The van der Waals surface area contributed by atoms with Gasteiger partial charge < -0.3 is 19.5 Å². The third-order valence-electron chi connectivity index (χ3n) is 6.09. The zero-order chi connectivity index (χ0) is 35.2. The van der Waals surface area contributed by atoms with Crippen LogP contribution in [0.1, 0.15) is 58.3 Å².